The highest BCUT2D eigenvalue weighted by atomic mass is 35.5. The molecule has 0 atom stereocenters. The van der Waals surface area contributed by atoms with Crippen LogP contribution in [0.3, 0.4) is 0 Å². The number of hydrogen-bond acceptors (Lipinski definition) is 4. The van der Waals surface area contributed by atoms with E-state index in [1.807, 2.05) is 13.8 Å². The molecule has 1 aliphatic heterocycles. The SMILES string of the molecule is COc1cc(/C=C2\C(=O)NC(=O)N(c3ccccc3)C2=O)cc(Cl)c1Cc1cc(C)cc(C)c1. The van der Waals surface area contributed by atoms with Gasteiger partial charge < -0.3 is 4.74 Å². The van der Waals surface area contributed by atoms with Gasteiger partial charge in [0, 0.05) is 17.0 Å². The monoisotopic (exact) mass is 474 g/mol. The number of hydrogen-bond donors (Lipinski definition) is 1. The Bertz CT molecular complexity index is 1310. The molecule has 4 amide bonds. The van der Waals surface area contributed by atoms with Gasteiger partial charge in [0.25, 0.3) is 11.8 Å². The molecular weight excluding hydrogens is 452 g/mol. The molecule has 3 aromatic carbocycles. The van der Waals surface area contributed by atoms with E-state index >= 15 is 0 Å². The van der Waals surface area contributed by atoms with Crippen LogP contribution in [-0.2, 0) is 16.0 Å². The molecule has 1 fully saturated rings. The molecule has 34 heavy (non-hydrogen) atoms. The highest BCUT2D eigenvalue weighted by Gasteiger charge is 2.36. The number of carbonyl (C=O) groups is 3. The molecule has 3 aromatic rings. The maximum absolute atomic E-state index is 13.1. The number of amides is 4. The van der Waals surface area contributed by atoms with Gasteiger partial charge >= 0.3 is 6.03 Å². The molecule has 172 valence electrons. The number of barbiturate groups is 1. The molecule has 1 N–H and O–H groups in total. The van der Waals surface area contributed by atoms with Crippen molar-refractivity contribution in [3.8, 4) is 5.75 Å². The van der Waals surface area contributed by atoms with Gasteiger partial charge in [0.2, 0.25) is 0 Å². The Morgan fingerprint density at radius 3 is 2.29 bits per heavy atom. The maximum Gasteiger partial charge on any atom is 0.335 e. The second-order valence-corrected chi connectivity index (χ2v) is 8.56. The van der Waals surface area contributed by atoms with Crippen molar-refractivity contribution >= 4 is 41.2 Å². The number of methoxy groups -OCH3 is 1. The van der Waals surface area contributed by atoms with Crippen LogP contribution in [0.5, 0.6) is 5.75 Å². The van der Waals surface area contributed by atoms with Crippen molar-refractivity contribution in [3.63, 3.8) is 0 Å². The molecule has 0 saturated carbocycles. The maximum atomic E-state index is 13.1. The zero-order valence-electron chi connectivity index (χ0n) is 19.0. The number of rotatable bonds is 5. The standard InChI is InChI=1S/C27H23ClN2O4/c1-16-9-17(2)11-18(10-16)12-21-23(28)14-19(15-24(21)34-3)13-22-25(31)29-27(33)30(26(22)32)20-7-5-4-6-8-20/h4-11,13-15H,12H2,1-3H3,(H,29,31,33)/b22-13+. The summed E-state index contributed by atoms with van der Waals surface area (Å²) < 4.78 is 5.59. The first-order valence-corrected chi connectivity index (χ1v) is 11.0. The van der Waals surface area contributed by atoms with Gasteiger partial charge in [-0.2, -0.15) is 0 Å². The lowest BCUT2D eigenvalue weighted by atomic mass is 9.98. The fraction of sp³-hybridized carbons (Fsp3) is 0.148. The van der Waals surface area contributed by atoms with E-state index in [9.17, 15) is 14.4 Å². The summed E-state index contributed by atoms with van der Waals surface area (Å²) in [5, 5.41) is 2.67. The van der Waals surface area contributed by atoms with Crippen molar-refractivity contribution in [3.05, 3.63) is 99.1 Å². The Kier molecular flexibility index (Phi) is 6.52. The number of benzene rings is 3. The Labute approximate surface area is 202 Å². The summed E-state index contributed by atoms with van der Waals surface area (Å²) in [6, 6.07) is 17.3. The highest BCUT2D eigenvalue weighted by molar-refractivity contribution is 6.39. The first kappa shape index (κ1) is 23.3. The molecule has 1 saturated heterocycles. The Hall–Kier alpha value is -3.90. The fourth-order valence-electron chi connectivity index (χ4n) is 4.08. The van der Waals surface area contributed by atoms with Crippen LogP contribution in [0.4, 0.5) is 10.5 Å². The van der Waals surface area contributed by atoms with Crippen molar-refractivity contribution in [1.82, 2.24) is 5.32 Å². The number of para-hydroxylation sites is 1. The molecule has 0 aliphatic carbocycles. The number of nitrogens with zero attached hydrogens (tertiary/aromatic N) is 1. The Morgan fingerprint density at radius 2 is 1.65 bits per heavy atom. The van der Waals surface area contributed by atoms with Gasteiger partial charge in [-0.25, -0.2) is 9.69 Å². The van der Waals surface area contributed by atoms with Crippen LogP contribution in [0, 0.1) is 13.8 Å². The third kappa shape index (κ3) is 4.72. The Balaban J connectivity index is 1.70. The van der Waals surface area contributed by atoms with Crippen molar-refractivity contribution in [2.24, 2.45) is 0 Å². The van der Waals surface area contributed by atoms with E-state index in [1.165, 1.54) is 6.08 Å². The van der Waals surface area contributed by atoms with Crippen LogP contribution in [0.1, 0.15) is 27.8 Å². The zero-order chi connectivity index (χ0) is 24.4. The van der Waals surface area contributed by atoms with Crippen molar-refractivity contribution in [1.29, 1.82) is 0 Å². The number of ether oxygens (including phenoxy) is 1. The van der Waals surface area contributed by atoms with E-state index in [2.05, 4.69) is 23.5 Å². The number of urea groups is 1. The quantitative estimate of drug-likeness (QED) is 0.406. The second kappa shape index (κ2) is 9.53. The van der Waals surface area contributed by atoms with Gasteiger partial charge in [-0.3, -0.25) is 14.9 Å². The number of nitrogens with one attached hydrogen (secondary N) is 1. The molecule has 4 rings (SSSR count). The van der Waals surface area contributed by atoms with Gasteiger partial charge in [-0.15, -0.1) is 0 Å². The molecule has 6 nitrogen and oxygen atoms in total. The van der Waals surface area contributed by atoms with E-state index in [-0.39, 0.29) is 5.57 Å². The van der Waals surface area contributed by atoms with E-state index in [0.29, 0.717) is 28.4 Å². The van der Waals surface area contributed by atoms with Crippen molar-refractivity contribution < 1.29 is 19.1 Å². The van der Waals surface area contributed by atoms with E-state index < -0.39 is 17.8 Å². The van der Waals surface area contributed by atoms with Gasteiger partial charge in [-0.05, 0) is 55.3 Å². The van der Waals surface area contributed by atoms with E-state index in [0.717, 1.165) is 27.2 Å². The topological polar surface area (TPSA) is 75.7 Å². The number of aryl methyl sites for hydroxylation is 2. The van der Waals surface area contributed by atoms with E-state index in [1.54, 1.807) is 49.6 Å². The highest BCUT2D eigenvalue weighted by Crippen LogP contribution is 2.32. The van der Waals surface area contributed by atoms with Crippen LogP contribution < -0.4 is 15.0 Å². The van der Waals surface area contributed by atoms with Gasteiger partial charge in [0.15, 0.2) is 0 Å². The molecule has 0 bridgehead atoms. The summed E-state index contributed by atoms with van der Waals surface area (Å²) in [5.41, 5.74) is 4.91. The normalized spacial score (nSPS) is 15.0. The van der Waals surface area contributed by atoms with Crippen LogP contribution in [-0.4, -0.2) is 25.0 Å². The minimum absolute atomic E-state index is 0.177. The molecule has 1 heterocycles. The second-order valence-electron chi connectivity index (χ2n) is 8.15. The smallest absolute Gasteiger partial charge is 0.335 e. The van der Waals surface area contributed by atoms with Crippen LogP contribution in [0.15, 0.2) is 66.2 Å². The number of carbonyl (C=O) groups excluding carboxylic acids is 3. The lowest BCUT2D eigenvalue weighted by Gasteiger charge is -2.26. The predicted octanol–water partition coefficient (Wildman–Crippen LogP) is 5.22. The molecule has 1 aliphatic rings. The number of halogens is 1. The lowest BCUT2D eigenvalue weighted by Crippen LogP contribution is -2.54. The van der Waals surface area contributed by atoms with Gasteiger partial charge in [0.05, 0.1) is 12.8 Å². The first-order chi connectivity index (χ1) is 16.3. The minimum atomic E-state index is -0.794. The lowest BCUT2D eigenvalue weighted by molar-refractivity contribution is -0.122. The van der Waals surface area contributed by atoms with Gasteiger partial charge in [-0.1, -0.05) is 59.1 Å². The molecular formula is C27H23ClN2O4. The number of imide groups is 2. The van der Waals surface area contributed by atoms with Crippen molar-refractivity contribution in [2.75, 3.05) is 12.0 Å². The molecule has 0 unspecified atom stereocenters. The van der Waals surface area contributed by atoms with Crippen LogP contribution in [0.25, 0.3) is 6.08 Å². The average molecular weight is 475 g/mol. The summed E-state index contributed by atoms with van der Waals surface area (Å²) in [7, 11) is 1.54. The van der Waals surface area contributed by atoms with Crippen LogP contribution >= 0.6 is 11.6 Å². The Morgan fingerprint density at radius 1 is 0.971 bits per heavy atom. The summed E-state index contributed by atoms with van der Waals surface area (Å²) in [5.74, 6) is -0.941. The zero-order valence-corrected chi connectivity index (χ0v) is 19.8. The summed E-state index contributed by atoms with van der Waals surface area (Å²) in [6.07, 6.45) is 1.98. The summed E-state index contributed by atoms with van der Waals surface area (Å²) in [4.78, 5) is 38.8. The first-order valence-electron chi connectivity index (χ1n) is 10.7. The molecule has 0 spiro atoms. The van der Waals surface area contributed by atoms with Crippen LogP contribution in [0.2, 0.25) is 5.02 Å². The predicted molar refractivity (Wildman–Crippen MR) is 132 cm³/mol. The third-order valence-electron chi connectivity index (χ3n) is 5.49. The van der Waals surface area contributed by atoms with E-state index in [4.69, 9.17) is 16.3 Å². The molecule has 7 heteroatoms. The number of anilines is 1. The van der Waals surface area contributed by atoms with Gasteiger partial charge in [0.1, 0.15) is 11.3 Å². The third-order valence-corrected chi connectivity index (χ3v) is 5.82. The molecule has 0 radical (unpaired) electrons. The summed E-state index contributed by atoms with van der Waals surface area (Å²) in [6.45, 7) is 4.08. The molecule has 0 aromatic heterocycles. The average Bonchev–Trinajstić information content (AvgIpc) is 2.78. The fourth-order valence-corrected chi connectivity index (χ4v) is 4.37. The summed E-state index contributed by atoms with van der Waals surface area (Å²) >= 11 is 6.62. The minimum Gasteiger partial charge on any atom is -0.496 e. The largest absolute Gasteiger partial charge is 0.496 e. The van der Waals surface area contributed by atoms with Crippen molar-refractivity contribution in [2.45, 2.75) is 20.3 Å².